The number of aryl methyl sites for hydroxylation is 1. The number of aldehydes is 1. The Morgan fingerprint density at radius 2 is 2.07 bits per heavy atom. The highest BCUT2D eigenvalue weighted by atomic mass is 16.5. The maximum atomic E-state index is 13.0. The van der Waals surface area contributed by atoms with Gasteiger partial charge in [-0.1, -0.05) is 12.1 Å². The number of esters is 1. The molecule has 0 saturated heterocycles. The number of carbonyl (C=O) groups is 3. The monoisotopic (exact) mass is 368 g/mol. The summed E-state index contributed by atoms with van der Waals surface area (Å²) in [6.07, 6.45) is 5.80. The van der Waals surface area contributed by atoms with E-state index in [0.29, 0.717) is 12.8 Å². The molecule has 0 amide bonds. The van der Waals surface area contributed by atoms with Crippen molar-refractivity contribution in [2.75, 3.05) is 14.2 Å². The van der Waals surface area contributed by atoms with Gasteiger partial charge in [0.2, 0.25) is 0 Å². The number of fused-ring (bicyclic) bond motifs is 5. The number of methoxy groups -OCH3 is 2. The molecule has 4 atom stereocenters. The van der Waals surface area contributed by atoms with Gasteiger partial charge in [0.1, 0.15) is 17.5 Å². The van der Waals surface area contributed by atoms with Crippen LogP contribution in [0.15, 0.2) is 24.3 Å². The SMILES string of the molecule is COC(=O)[C@@]12C(=O)CC[C@@H]1[C@@H]1CCc3cc(OC)ccc3C1=C[C@@H]2CC=O. The Bertz CT molecular complexity index is 839. The normalized spacial score (nSPS) is 31.3. The van der Waals surface area contributed by atoms with Crippen molar-refractivity contribution in [2.45, 2.75) is 32.1 Å². The Kier molecular flexibility index (Phi) is 4.41. The van der Waals surface area contributed by atoms with Crippen molar-refractivity contribution in [1.29, 1.82) is 0 Å². The third kappa shape index (κ3) is 2.40. The summed E-state index contributed by atoms with van der Waals surface area (Å²) in [5.74, 6) is -0.119. The van der Waals surface area contributed by atoms with Crippen LogP contribution in [0.3, 0.4) is 0 Å². The lowest BCUT2D eigenvalue weighted by molar-refractivity contribution is -0.164. The van der Waals surface area contributed by atoms with Gasteiger partial charge < -0.3 is 14.3 Å². The summed E-state index contributed by atoms with van der Waals surface area (Å²) in [5.41, 5.74) is 2.34. The highest BCUT2D eigenvalue weighted by Crippen LogP contribution is 2.60. The first-order chi connectivity index (χ1) is 13.1. The molecule has 5 heteroatoms. The van der Waals surface area contributed by atoms with E-state index in [1.165, 1.54) is 18.2 Å². The van der Waals surface area contributed by atoms with Crippen LogP contribution in [0.4, 0.5) is 0 Å². The van der Waals surface area contributed by atoms with Gasteiger partial charge >= 0.3 is 5.97 Å². The summed E-state index contributed by atoms with van der Waals surface area (Å²) in [4.78, 5) is 37.2. The summed E-state index contributed by atoms with van der Waals surface area (Å²) in [7, 11) is 2.99. The molecule has 4 rings (SSSR count). The second kappa shape index (κ2) is 6.63. The van der Waals surface area contributed by atoms with Gasteiger partial charge in [-0.2, -0.15) is 0 Å². The highest BCUT2D eigenvalue weighted by Gasteiger charge is 2.64. The van der Waals surface area contributed by atoms with Crippen LogP contribution in [0, 0.1) is 23.2 Å². The van der Waals surface area contributed by atoms with Crippen LogP contribution in [-0.4, -0.2) is 32.3 Å². The Balaban J connectivity index is 1.89. The Hall–Kier alpha value is -2.43. The molecule has 0 spiro atoms. The molecule has 0 radical (unpaired) electrons. The summed E-state index contributed by atoms with van der Waals surface area (Å²) in [6, 6.07) is 6.06. The van der Waals surface area contributed by atoms with Crippen LogP contribution < -0.4 is 4.74 Å². The molecule has 27 heavy (non-hydrogen) atoms. The van der Waals surface area contributed by atoms with Crippen LogP contribution in [0.5, 0.6) is 5.75 Å². The number of hydrogen-bond acceptors (Lipinski definition) is 5. The Morgan fingerprint density at radius 3 is 2.78 bits per heavy atom. The maximum absolute atomic E-state index is 13.0. The summed E-state index contributed by atoms with van der Waals surface area (Å²) in [6.45, 7) is 0. The van der Waals surface area contributed by atoms with Gasteiger partial charge in [0.25, 0.3) is 0 Å². The first-order valence-electron chi connectivity index (χ1n) is 9.52. The van der Waals surface area contributed by atoms with E-state index in [9.17, 15) is 14.4 Å². The van der Waals surface area contributed by atoms with E-state index in [2.05, 4.69) is 12.1 Å². The molecule has 0 aromatic heterocycles. The number of hydrogen-bond donors (Lipinski definition) is 0. The molecule has 1 saturated carbocycles. The number of ketones is 1. The maximum Gasteiger partial charge on any atom is 0.320 e. The number of rotatable bonds is 4. The fourth-order valence-electron chi connectivity index (χ4n) is 5.70. The number of ether oxygens (including phenoxy) is 2. The largest absolute Gasteiger partial charge is 0.497 e. The molecule has 0 bridgehead atoms. The standard InChI is InChI=1S/C22H24O5/c1-26-15-4-6-16-13(11-15)3-5-17-18(16)12-14(9-10-23)22(21(25)27-2)19(17)7-8-20(22)24/h4,6,10-12,14,17,19H,3,5,7-9H2,1-2H3/t14-,17+,19+,22+/m0/s1. The summed E-state index contributed by atoms with van der Waals surface area (Å²) in [5, 5.41) is 0. The third-order valence-electron chi connectivity index (χ3n) is 6.80. The first-order valence-corrected chi connectivity index (χ1v) is 9.52. The van der Waals surface area contributed by atoms with Gasteiger partial charge in [0.15, 0.2) is 5.78 Å². The molecule has 1 aromatic carbocycles. The zero-order valence-corrected chi connectivity index (χ0v) is 15.7. The van der Waals surface area contributed by atoms with Crippen molar-refractivity contribution >= 4 is 23.6 Å². The molecule has 0 heterocycles. The summed E-state index contributed by atoms with van der Waals surface area (Å²) >= 11 is 0. The molecule has 142 valence electrons. The molecule has 0 aliphatic heterocycles. The number of Topliss-reactive ketones (excluding diaryl/α,β-unsaturated/α-hetero) is 1. The van der Waals surface area contributed by atoms with Crippen LogP contribution in [0.1, 0.15) is 36.8 Å². The first kappa shape index (κ1) is 18.0. The van der Waals surface area contributed by atoms with Crippen molar-refractivity contribution in [2.24, 2.45) is 23.2 Å². The van der Waals surface area contributed by atoms with Gasteiger partial charge in [0.05, 0.1) is 14.2 Å². The Labute approximate surface area is 158 Å². The van der Waals surface area contributed by atoms with Crippen molar-refractivity contribution in [3.63, 3.8) is 0 Å². The van der Waals surface area contributed by atoms with E-state index in [1.54, 1.807) is 7.11 Å². The van der Waals surface area contributed by atoms with E-state index in [1.807, 2.05) is 12.1 Å². The third-order valence-corrected chi connectivity index (χ3v) is 6.80. The topological polar surface area (TPSA) is 69.7 Å². The fourth-order valence-corrected chi connectivity index (χ4v) is 5.70. The van der Waals surface area contributed by atoms with Gasteiger partial charge in [-0.15, -0.1) is 0 Å². The zero-order chi connectivity index (χ0) is 19.2. The van der Waals surface area contributed by atoms with Gasteiger partial charge in [0, 0.05) is 18.8 Å². The predicted octanol–water partition coefficient (Wildman–Crippen LogP) is 3.00. The number of benzene rings is 1. The van der Waals surface area contributed by atoms with Crippen molar-refractivity contribution in [1.82, 2.24) is 0 Å². The van der Waals surface area contributed by atoms with Crippen LogP contribution in [0.25, 0.3) is 5.57 Å². The van der Waals surface area contributed by atoms with E-state index in [0.717, 1.165) is 30.4 Å². The van der Waals surface area contributed by atoms with Crippen molar-refractivity contribution < 1.29 is 23.9 Å². The van der Waals surface area contributed by atoms with Crippen LogP contribution in [0.2, 0.25) is 0 Å². The number of carbonyl (C=O) groups excluding carboxylic acids is 3. The molecule has 0 N–H and O–H groups in total. The molecule has 1 aromatic rings. The minimum absolute atomic E-state index is 0.0676. The minimum atomic E-state index is -1.20. The number of allylic oxidation sites excluding steroid dienone is 2. The molecule has 1 fully saturated rings. The second-order valence-electron chi connectivity index (χ2n) is 7.73. The lowest BCUT2D eigenvalue weighted by Gasteiger charge is -2.47. The van der Waals surface area contributed by atoms with Gasteiger partial charge in [-0.25, -0.2) is 0 Å². The molecular weight excluding hydrogens is 344 g/mol. The quantitative estimate of drug-likeness (QED) is 0.464. The molecular formula is C22H24O5. The molecule has 3 aliphatic carbocycles. The van der Waals surface area contributed by atoms with Crippen molar-refractivity contribution in [3.05, 3.63) is 35.4 Å². The van der Waals surface area contributed by atoms with E-state index < -0.39 is 17.3 Å². The summed E-state index contributed by atoms with van der Waals surface area (Å²) < 4.78 is 10.4. The minimum Gasteiger partial charge on any atom is -0.497 e. The van der Waals surface area contributed by atoms with E-state index in [4.69, 9.17) is 9.47 Å². The van der Waals surface area contributed by atoms with E-state index >= 15 is 0 Å². The molecule has 0 unspecified atom stereocenters. The Morgan fingerprint density at radius 1 is 1.26 bits per heavy atom. The van der Waals surface area contributed by atoms with Crippen LogP contribution >= 0.6 is 0 Å². The zero-order valence-electron chi connectivity index (χ0n) is 15.7. The smallest absolute Gasteiger partial charge is 0.320 e. The molecule has 3 aliphatic rings. The van der Waals surface area contributed by atoms with Gasteiger partial charge in [-0.05, 0) is 59.9 Å². The van der Waals surface area contributed by atoms with Crippen LogP contribution in [-0.2, 0) is 25.5 Å². The average Bonchev–Trinajstić information content (AvgIpc) is 3.05. The predicted molar refractivity (Wildman–Crippen MR) is 99.1 cm³/mol. The lowest BCUT2D eigenvalue weighted by atomic mass is 9.54. The van der Waals surface area contributed by atoms with E-state index in [-0.39, 0.29) is 24.0 Å². The molecule has 5 nitrogen and oxygen atoms in total. The van der Waals surface area contributed by atoms with Crippen molar-refractivity contribution in [3.8, 4) is 5.75 Å². The van der Waals surface area contributed by atoms with Gasteiger partial charge in [-0.3, -0.25) is 9.59 Å². The second-order valence-corrected chi connectivity index (χ2v) is 7.73. The highest BCUT2D eigenvalue weighted by molar-refractivity contribution is 6.07. The fraction of sp³-hybridized carbons (Fsp3) is 0.500. The average molecular weight is 368 g/mol. The lowest BCUT2D eigenvalue weighted by Crippen LogP contribution is -2.52.